The lowest BCUT2D eigenvalue weighted by molar-refractivity contribution is -0.122. The fourth-order valence-corrected chi connectivity index (χ4v) is 4.40. The number of fused-ring (bicyclic) bond motifs is 1. The third-order valence-electron chi connectivity index (χ3n) is 3.64. The molecular formula is C19H21N3O2S2. The summed E-state index contributed by atoms with van der Waals surface area (Å²) in [6.07, 6.45) is -0.0216. The molecule has 0 unspecified atom stereocenters. The van der Waals surface area contributed by atoms with E-state index in [1.165, 1.54) is 11.3 Å². The number of rotatable bonds is 7. The molecule has 0 aliphatic heterocycles. The van der Waals surface area contributed by atoms with Gasteiger partial charge in [-0.15, -0.1) is 10.2 Å². The number of carbonyl (C=O) groups is 1. The molecule has 1 N–H and O–H groups in total. The smallest absolute Gasteiger partial charge is 0.267 e. The standard InChI is InChI=1S/C19H21N3O2S2/c1-4-16(17(23)20-18-21-22-19(26-18)25-12(2)3)24-15-10-9-13-7-5-6-8-14(13)11-15/h5-12,16H,4H2,1-3H3,(H,20,21,23)/t16-/m0/s1. The van der Waals surface area contributed by atoms with Gasteiger partial charge in [0.05, 0.1) is 0 Å². The Morgan fingerprint density at radius 3 is 2.69 bits per heavy atom. The number of aromatic nitrogens is 2. The van der Waals surface area contributed by atoms with E-state index in [2.05, 4.69) is 29.4 Å². The molecule has 5 nitrogen and oxygen atoms in total. The molecule has 1 atom stereocenters. The molecule has 0 saturated carbocycles. The molecule has 1 heterocycles. The second-order valence-corrected chi connectivity index (χ2v) is 8.85. The number of benzene rings is 2. The lowest BCUT2D eigenvalue weighted by Crippen LogP contribution is -2.32. The van der Waals surface area contributed by atoms with Gasteiger partial charge >= 0.3 is 0 Å². The van der Waals surface area contributed by atoms with Gasteiger partial charge in [-0.1, -0.05) is 74.2 Å². The Morgan fingerprint density at radius 2 is 1.96 bits per heavy atom. The molecule has 3 aromatic rings. The largest absolute Gasteiger partial charge is 0.481 e. The molecule has 0 saturated heterocycles. The zero-order chi connectivity index (χ0) is 18.5. The van der Waals surface area contributed by atoms with Crippen LogP contribution < -0.4 is 10.1 Å². The Hall–Kier alpha value is -2.12. The second kappa shape index (κ2) is 8.51. The van der Waals surface area contributed by atoms with E-state index in [9.17, 15) is 4.79 Å². The average Bonchev–Trinajstić information content (AvgIpc) is 3.05. The molecule has 1 amide bonds. The topological polar surface area (TPSA) is 64.1 Å². The third kappa shape index (κ3) is 4.74. The highest BCUT2D eigenvalue weighted by molar-refractivity contribution is 8.01. The fraction of sp³-hybridized carbons (Fsp3) is 0.316. The fourth-order valence-electron chi connectivity index (χ4n) is 2.42. The summed E-state index contributed by atoms with van der Waals surface area (Å²) >= 11 is 3.01. The van der Waals surface area contributed by atoms with Crippen molar-refractivity contribution in [2.45, 2.75) is 42.9 Å². The molecule has 0 bridgehead atoms. The van der Waals surface area contributed by atoms with Crippen LogP contribution in [0.3, 0.4) is 0 Å². The molecule has 0 spiro atoms. The van der Waals surface area contributed by atoms with Crippen LogP contribution in [0, 0.1) is 0 Å². The number of nitrogens with one attached hydrogen (secondary N) is 1. The van der Waals surface area contributed by atoms with Crippen molar-refractivity contribution in [2.24, 2.45) is 0 Å². The van der Waals surface area contributed by atoms with Crippen molar-refractivity contribution < 1.29 is 9.53 Å². The first kappa shape index (κ1) is 18.7. The number of nitrogens with zero attached hydrogens (tertiary/aromatic N) is 2. The van der Waals surface area contributed by atoms with Crippen molar-refractivity contribution in [3.8, 4) is 5.75 Å². The van der Waals surface area contributed by atoms with Crippen molar-refractivity contribution in [1.29, 1.82) is 0 Å². The van der Waals surface area contributed by atoms with E-state index in [1.807, 2.05) is 49.4 Å². The normalized spacial score (nSPS) is 12.3. The molecular weight excluding hydrogens is 366 g/mol. The van der Waals surface area contributed by atoms with Crippen LogP contribution in [0.1, 0.15) is 27.2 Å². The maximum absolute atomic E-state index is 12.5. The van der Waals surface area contributed by atoms with Crippen LogP contribution in [0.2, 0.25) is 0 Å². The third-order valence-corrected chi connectivity index (χ3v) is 5.56. The highest BCUT2D eigenvalue weighted by atomic mass is 32.2. The van der Waals surface area contributed by atoms with E-state index >= 15 is 0 Å². The summed E-state index contributed by atoms with van der Waals surface area (Å²) in [5, 5.41) is 14.1. The molecule has 0 fully saturated rings. The minimum atomic E-state index is -0.582. The summed E-state index contributed by atoms with van der Waals surface area (Å²) in [4.78, 5) is 12.5. The van der Waals surface area contributed by atoms with Gasteiger partial charge in [0.2, 0.25) is 5.13 Å². The van der Waals surface area contributed by atoms with E-state index in [0.717, 1.165) is 15.1 Å². The highest BCUT2D eigenvalue weighted by Crippen LogP contribution is 2.29. The number of amides is 1. The average molecular weight is 388 g/mol. The summed E-state index contributed by atoms with van der Waals surface area (Å²) in [6, 6.07) is 13.9. The number of hydrogen-bond acceptors (Lipinski definition) is 6. The van der Waals surface area contributed by atoms with Gasteiger partial charge in [0.15, 0.2) is 10.4 Å². The van der Waals surface area contributed by atoms with E-state index < -0.39 is 6.10 Å². The van der Waals surface area contributed by atoms with Crippen LogP contribution >= 0.6 is 23.1 Å². The van der Waals surface area contributed by atoms with Crippen LogP contribution in [0.25, 0.3) is 10.8 Å². The predicted molar refractivity (Wildman–Crippen MR) is 108 cm³/mol. The Morgan fingerprint density at radius 1 is 1.19 bits per heavy atom. The SMILES string of the molecule is CC[C@H](Oc1ccc2ccccc2c1)C(=O)Nc1nnc(SC(C)C)s1. The molecule has 26 heavy (non-hydrogen) atoms. The van der Waals surface area contributed by atoms with Gasteiger partial charge in [0, 0.05) is 5.25 Å². The second-order valence-electron chi connectivity index (χ2n) is 6.05. The number of anilines is 1. The maximum atomic E-state index is 12.5. The van der Waals surface area contributed by atoms with E-state index in [0.29, 0.717) is 22.6 Å². The van der Waals surface area contributed by atoms with Gasteiger partial charge in [-0.2, -0.15) is 0 Å². The van der Waals surface area contributed by atoms with Crippen molar-refractivity contribution in [1.82, 2.24) is 10.2 Å². The summed E-state index contributed by atoms with van der Waals surface area (Å²) in [7, 11) is 0. The first-order valence-electron chi connectivity index (χ1n) is 8.51. The number of carbonyl (C=O) groups excluding carboxylic acids is 1. The van der Waals surface area contributed by atoms with E-state index in [-0.39, 0.29) is 5.91 Å². The van der Waals surface area contributed by atoms with Crippen LogP contribution in [0.5, 0.6) is 5.75 Å². The molecule has 2 aromatic carbocycles. The maximum Gasteiger partial charge on any atom is 0.267 e. The van der Waals surface area contributed by atoms with Gasteiger partial charge in [-0.25, -0.2) is 0 Å². The quantitative estimate of drug-likeness (QED) is 0.457. The lowest BCUT2D eigenvalue weighted by Gasteiger charge is -2.16. The number of thioether (sulfide) groups is 1. The minimum absolute atomic E-state index is 0.210. The zero-order valence-electron chi connectivity index (χ0n) is 14.9. The molecule has 136 valence electrons. The molecule has 0 aliphatic rings. The van der Waals surface area contributed by atoms with Gasteiger partial charge in [0.1, 0.15) is 5.75 Å². The van der Waals surface area contributed by atoms with E-state index in [1.54, 1.807) is 11.8 Å². The van der Waals surface area contributed by atoms with E-state index in [4.69, 9.17) is 4.74 Å². The first-order chi connectivity index (χ1) is 12.5. The summed E-state index contributed by atoms with van der Waals surface area (Å²) < 4.78 is 6.76. The van der Waals surface area contributed by atoms with Crippen LogP contribution in [0.15, 0.2) is 46.8 Å². The van der Waals surface area contributed by atoms with Gasteiger partial charge in [0.25, 0.3) is 5.91 Å². The van der Waals surface area contributed by atoms with Crippen molar-refractivity contribution in [3.05, 3.63) is 42.5 Å². The van der Waals surface area contributed by atoms with Crippen LogP contribution in [0.4, 0.5) is 5.13 Å². The molecule has 1 aromatic heterocycles. The van der Waals surface area contributed by atoms with Crippen LogP contribution in [-0.2, 0) is 4.79 Å². The van der Waals surface area contributed by atoms with Crippen LogP contribution in [-0.4, -0.2) is 27.5 Å². The number of ether oxygens (including phenoxy) is 1. The monoisotopic (exact) mass is 387 g/mol. The molecule has 0 aliphatic carbocycles. The minimum Gasteiger partial charge on any atom is -0.481 e. The van der Waals surface area contributed by atoms with Gasteiger partial charge < -0.3 is 4.74 Å². The highest BCUT2D eigenvalue weighted by Gasteiger charge is 2.20. The lowest BCUT2D eigenvalue weighted by atomic mass is 10.1. The first-order valence-corrected chi connectivity index (χ1v) is 10.2. The number of hydrogen-bond donors (Lipinski definition) is 1. The van der Waals surface area contributed by atoms with Crippen molar-refractivity contribution >= 4 is 44.9 Å². The molecule has 0 radical (unpaired) electrons. The van der Waals surface area contributed by atoms with Gasteiger partial charge in [-0.05, 0) is 29.3 Å². The molecule has 3 rings (SSSR count). The molecule has 7 heteroatoms. The summed E-state index contributed by atoms with van der Waals surface area (Å²) in [6.45, 7) is 6.11. The predicted octanol–water partition coefficient (Wildman–Crippen LogP) is 4.99. The van der Waals surface area contributed by atoms with Crippen molar-refractivity contribution in [2.75, 3.05) is 5.32 Å². The van der Waals surface area contributed by atoms with Crippen molar-refractivity contribution in [3.63, 3.8) is 0 Å². The Balaban J connectivity index is 1.67. The Bertz CT molecular complexity index is 895. The Labute approximate surface area is 161 Å². The Kier molecular flexibility index (Phi) is 6.11. The summed E-state index contributed by atoms with van der Waals surface area (Å²) in [5.41, 5.74) is 0. The zero-order valence-corrected chi connectivity index (χ0v) is 16.6. The van der Waals surface area contributed by atoms with Gasteiger partial charge in [-0.3, -0.25) is 10.1 Å². The summed E-state index contributed by atoms with van der Waals surface area (Å²) in [5.74, 6) is 0.469.